The zero-order chi connectivity index (χ0) is 18.3. The van der Waals surface area contributed by atoms with Gasteiger partial charge in [-0.05, 0) is 43.4 Å². The average Bonchev–Trinajstić information content (AvgIpc) is 2.44. The minimum absolute atomic E-state index is 0.0858. The number of allylic oxidation sites excluding steroid dienone is 1. The van der Waals surface area contributed by atoms with E-state index in [0.717, 1.165) is 12.1 Å². The second kappa shape index (κ2) is 6.41. The molecule has 0 heterocycles. The van der Waals surface area contributed by atoms with Crippen LogP contribution in [0.2, 0.25) is 5.02 Å². The van der Waals surface area contributed by atoms with Gasteiger partial charge in [0, 0.05) is 17.6 Å². The van der Waals surface area contributed by atoms with Crippen molar-refractivity contribution in [1.82, 2.24) is 0 Å². The third-order valence-electron chi connectivity index (χ3n) is 4.65. The van der Waals surface area contributed by atoms with Gasteiger partial charge in [0.2, 0.25) is 0 Å². The summed E-state index contributed by atoms with van der Waals surface area (Å²) in [6.45, 7) is 3.09. The fourth-order valence-corrected chi connectivity index (χ4v) is 3.88. The number of carboxylic acids is 1. The van der Waals surface area contributed by atoms with Crippen LogP contribution in [0.1, 0.15) is 37.8 Å². The van der Waals surface area contributed by atoms with Crippen molar-refractivity contribution in [3.8, 4) is 0 Å². The summed E-state index contributed by atoms with van der Waals surface area (Å²) in [5.74, 6) is -1.36. The molecule has 7 heteroatoms. The molecule has 0 radical (unpaired) electrons. The van der Waals surface area contributed by atoms with Gasteiger partial charge in [-0.2, -0.15) is 13.2 Å². The molecule has 24 heavy (non-hydrogen) atoms. The summed E-state index contributed by atoms with van der Waals surface area (Å²) in [7, 11) is 0. The summed E-state index contributed by atoms with van der Waals surface area (Å²) in [5.41, 5.74) is -1.24. The summed E-state index contributed by atoms with van der Waals surface area (Å²) in [5, 5.41) is 18.6. The number of aliphatic hydroxyl groups is 1. The quantitative estimate of drug-likeness (QED) is 0.836. The van der Waals surface area contributed by atoms with Gasteiger partial charge in [-0.15, -0.1) is 0 Å². The second-order valence-corrected chi connectivity index (χ2v) is 6.85. The number of hydrogen-bond acceptors (Lipinski definition) is 2. The lowest BCUT2D eigenvalue weighted by atomic mass is 9.64. The number of aliphatic hydroxyl groups excluding tert-OH is 1. The highest BCUT2D eigenvalue weighted by atomic mass is 35.5. The lowest BCUT2D eigenvalue weighted by Crippen LogP contribution is -2.37. The normalized spacial score (nSPS) is 25.0. The molecule has 0 saturated heterocycles. The van der Waals surface area contributed by atoms with Crippen LogP contribution in [0.3, 0.4) is 0 Å². The summed E-state index contributed by atoms with van der Waals surface area (Å²) in [6, 6.07) is 3.48. The van der Waals surface area contributed by atoms with Gasteiger partial charge in [0.05, 0.1) is 10.6 Å². The van der Waals surface area contributed by atoms with Crippen LogP contribution >= 0.6 is 11.6 Å². The highest BCUT2D eigenvalue weighted by molar-refractivity contribution is 6.31. The molecule has 0 saturated carbocycles. The van der Waals surface area contributed by atoms with Crippen LogP contribution in [-0.2, 0) is 16.4 Å². The van der Waals surface area contributed by atoms with Gasteiger partial charge in [0.25, 0.3) is 0 Å². The Morgan fingerprint density at radius 3 is 2.54 bits per heavy atom. The molecular weight excluding hydrogens is 345 g/mol. The van der Waals surface area contributed by atoms with E-state index in [4.69, 9.17) is 11.6 Å². The van der Waals surface area contributed by atoms with E-state index < -0.39 is 28.1 Å². The first-order valence-electron chi connectivity index (χ1n) is 7.42. The molecule has 1 aromatic rings. The van der Waals surface area contributed by atoms with E-state index in [0.29, 0.717) is 12.0 Å². The van der Waals surface area contributed by atoms with Crippen molar-refractivity contribution in [2.75, 3.05) is 6.61 Å². The van der Waals surface area contributed by atoms with E-state index in [2.05, 4.69) is 0 Å². The molecule has 1 aliphatic carbocycles. The summed E-state index contributed by atoms with van der Waals surface area (Å²) < 4.78 is 39.4. The van der Waals surface area contributed by atoms with Crippen LogP contribution in [0, 0.1) is 5.92 Å². The first-order chi connectivity index (χ1) is 11.0. The number of alkyl halides is 3. The third-order valence-corrected chi connectivity index (χ3v) is 4.98. The van der Waals surface area contributed by atoms with Crippen LogP contribution in [0.15, 0.2) is 29.3 Å². The van der Waals surface area contributed by atoms with E-state index >= 15 is 0 Å². The van der Waals surface area contributed by atoms with E-state index in [1.165, 1.54) is 6.07 Å². The van der Waals surface area contributed by atoms with E-state index in [1.54, 1.807) is 13.8 Å². The number of aliphatic carboxylic acids is 1. The van der Waals surface area contributed by atoms with Gasteiger partial charge in [0.15, 0.2) is 0 Å². The Hall–Kier alpha value is -1.53. The molecule has 0 amide bonds. The highest BCUT2D eigenvalue weighted by Gasteiger charge is 2.43. The molecule has 2 unspecified atom stereocenters. The van der Waals surface area contributed by atoms with Crippen molar-refractivity contribution >= 4 is 17.6 Å². The third kappa shape index (κ3) is 3.30. The summed E-state index contributed by atoms with van der Waals surface area (Å²) in [6.07, 6.45) is -3.97. The number of rotatable bonds is 3. The predicted octanol–water partition coefficient (Wildman–Crippen LogP) is 4.42. The van der Waals surface area contributed by atoms with Crippen molar-refractivity contribution in [3.05, 3.63) is 45.5 Å². The van der Waals surface area contributed by atoms with Crippen molar-refractivity contribution in [2.24, 2.45) is 5.92 Å². The topological polar surface area (TPSA) is 57.5 Å². The van der Waals surface area contributed by atoms with Gasteiger partial charge in [-0.25, -0.2) is 4.79 Å². The number of carbonyl (C=O) groups is 1. The van der Waals surface area contributed by atoms with Crippen molar-refractivity contribution in [1.29, 1.82) is 0 Å². The Kier molecular flexibility index (Phi) is 5.02. The predicted molar refractivity (Wildman–Crippen MR) is 84.0 cm³/mol. The zero-order valence-electron chi connectivity index (χ0n) is 13.2. The van der Waals surface area contributed by atoms with Gasteiger partial charge < -0.3 is 10.2 Å². The highest BCUT2D eigenvalue weighted by Crippen LogP contribution is 2.47. The standard InChI is InChI=1S/C17H18ClF3O3/c1-9-5-10(8-22)7-16(2,14(9)15(23)24)11-3-4-13(18)12(6-11)17(19,20)21/h3-4,6,10,22H,5,7-8H2,1-2H3,(H,23,24). The van der Waals surface area contributed by atoms with Crippen molar-refractivity contribution in [2.45, 2.75) is 38.3 Å². The van der Waals surface area contributed by atoms with Crippen molar-refractivity contribution in [3.63, 3.8) is 0 Å². The lowest BCUT2D eigenvalue weighted by molar-refractivity contribution is -0.137. The molecule has 2 rings (SSSR count). The fraction of sp³-hybridized carbons (Fsp3) is 0.471. The van der Waals surface area contributed by atoms with Crippen LogP contribution in [0.25, 0.3) is 0 Å². The Labute approximate surface area is 142 Å². The molecule has 1 aromatic carbocycles. The van der Waals surface area contributed by atoms with Crippen LogP contribution in [-0.4, -0.2) is 22.8 Å². The average molecular weight is 363 g/mol. The molecule has 2 N–H and O–H groups in total. The van der Waals surface area contributed by atoms with Gasteiger partial charge >= 0.3 is 12.1 Å². The zero-order valence-corrected chi connectivity index (χ0v) is 14.0. The minimum atomic E-state index is -4.63. The van der Waals surface area contributed by atoms with Crippen LogP contribution < -0.4 is 0 Å². The maximum absolute atomic E-state index is 13.1. The SMILES string of the molecule is CC1=C(C(=O)O)C(C)(c2ccc(Cl)c(C(F)(F)F)c2)CC(CO)C1. The Morgan fingerprint density at radius 1 is 1.42 bits per heavy atom. The number of benzene rings is 1. The first kappa shape index (κ1) is 18.8. The van der Waals surface area contributed by atoms with E-state index in [9.17, 15) is 28.2 Å². The largest absolute Gasteiger partial charge is 0.478 e. The molecular formula is C17H18ClF3O3. The fourth-order valence-electron chi connectivity index (χ4n) is 3.65. The maximum Gasteiger partial charge on any atom is 0.417 e. The molecule has 0 bridgehead atoms. The van der Waals surface area contributed by atoms with Crippen LogP contribution in [0.4, 0.5) is 13.2 Å². The van der Waals surface area contributed by atoms with Crippen LogP contribution in [0.5, 0.6) is 0 Å². The molecule has 0 spiro atoms. The first-order valence-corrected chi connectivity index (χ1v) is 7.80. The smallest absolute Gasteiger partial charge is 0.417 e. The Bertz CT molecular complexity index is 697. The number of halogens is 4. The maximum atomic E-state index is 13.1. The molecule has 2 atom stereocenters. The van der Waals surface area contributed by atoms with Gasteiger partial charge in [-0.1, -0.05) is 30.2 Å². The van der Waals surface area contributed by atoms with Gasteiger partial charge in [-0.3, -0.25) is 0 Å². The van der Waals surface area contributed by atoms with E-state index in [-0.39, 0.29) is 30.1 Å². The molecule has 132 valence electrons. The molecule has 0 aliphatic heterocycles. The summed E-state index contributed by atoms with van der Waals surface area (Å²) in [4.78, 5) is 11.7. The van der Waals surface area contributed by atoms with E-state index in [1.807, 2.05) is 0 Å². The Balaban J connectivity index is 2.67. The Morgan fingerprint density at radius 2 is 2.04 bits per heavy atom. The summed E-state index contributed by atoms with van der Waals surface area (Å²) >= 11 is 5.66. The number of hydrogen-bond donors (Lipinski definition) is 2. The molecule has 0 fully saturated rings. The monoisotopic (exact) mass is 362 g/mol. The molecule has 1 aliphatic rings. The lowest BCUT2D eigenvalue weighted by Gasteiger charge is -2.40. The molecule has 0 aromatic heterocycles. The number of carboxylic acid groups (broad SMARTS) is 1. The van der Waals surface area contributed by atoms with Gasteiger partial charge in [0.1, 0.15) is 0 Å². The second-order valence-electron chi connectivity index (χ2n) is 6.44. The molecule has 3 nitrogen and oxygen atoms in total. The van der Waals surface area contributed by atoms with Crippen molar-refractivity contribution < 1.29 is 28.2 Å². The minimum Gasteiger partial charge on any atom is -0.478 e.